The Kier molecular flexibility index (Phi) is 2.02. The van der Waals surface area contributed by atoms with E-state index >= 15 is 0 Å². The molecule has 1 unspecified atom stereocenters. The molecule has 1 fully saturated rings. The van der Waals surface area contributed by atoms with Crippen LogP contribution in [0.25, 0.3) is 0 Å². The van der Waals surface area contributed by atoms with E-state index in [0.717, 1.165) is 0 Å². The van der Waals surface area contributed by atoms with E-state index in [2.05, 4.69) is 4.74 Å². The second-order valence-corrected chi connectivity index (χ2v) is 2.11. The molecule has 1 heterocycles. The average Bonchev–Trinajstić information content (AvgIpc) is 2.10. The summed E-state index contributed by atoms with van der Waals surface area (Å²) < 4.78 is 4.68. The van der Waals surface area contributed by atoms with Crippen molar-refractivity contribution in [2.75, 3.05) is 6.61 Å². The average molecular weight is 134 g/mol. The van der Waals surface area contributed by atoms with Gasteiger partial charge in [0.25, 0.3) is 0 Å². The fraction of sp³-hybridized carbons (Fsp3) is 1.00. The van der Waals surface area contributed by atoms with E-state index in [1.54, 1.807) is 0 Å². The second-order valence-electron chi connectivity index (χ2n) is 2.11. The maximum absolute atomic E-state index is 8.91. The Morgan fingerprint density at radius 2 is 2.11 bits per heavy atom. The van der Waals surface area contributed by atoms with E-state index in [9.17, 15) is 0 Å². The number of aliphatic hydroxyl groups is 3. The fourth-order valence-corrected chi connectivity index (χ4v) is 0.871. The summed E-state index contributed by atoms with van der Waals surface area (Å²) >= 11 is 0. The van der Waals surface area contributed by atoms with E-state index < -0.39 is 18.5 Å². The molecule has 0 aliphatic carbocycles. The minimum atomic E-state index is -0.905. The van der Waals surface area contributed by atoms with Gasteiger partial charge in [-0.15, -0.1) is 0 Å². The summed E-state index contributed by atoms with van der Waals surface area (Å²) in [7, 11) is 0. The molecule has 4 heteroatoms. The van der Waals surface area contributed by atoms with Crippen LogP contribution in [-0.4, -0.2) is 40.4 Å². The summed E-state index contributed by atoms with van der Waals surface area (Å²) in [4.78, 5) is 0. The molecule has 0 aromatic heterocycles. The van der Waals surface area contributed by atoms with Gasteiger partial charge in [0.1, 0.15) is 6.10 Å². The third-order valence-corrected chi connectivity index (χ3v) is 1.38. The van der Waals surface area contributed by atoms with E-state index in [4.69, 9.17) is 15.3 Å². The lowest BCUT2D eigenvalue weighted by molar-refractivity contribution is -0.107. The molecule has 1 saturated heterocycles. The summed E-state index contributed by atoms with van der Waals surface area (Å²) in [5.41, 5.74) is 0. The molecule has 1 aliphatic heterocycles. The summed E-state index contributed by atoms with van der Waals surface area (Å²) in [6.45, 7) is -0.238. The zero-order chi connectivity index (χ0) is 6.85. The molecule has 0 radical (unpaired) electrons. The van der Waals surface area contributed by atoms with Crippen molar-refractivity contribution in [1.82, 2.24) is 0 Å². The molecule has 3 atom stereocenters. The van der Waals surface area contributed by atoms with E-state index in [0.29, 0.717) is 0 Å². The van der Waals surface area contributed by atoms with Gasteiger partial charge < -0.3 is 20.1 Å². The molecule has 54 valence electrons. The van der Waals surface area contributed by atoms with Gasteiger partial charge in [-0.3, -0.25) is 0 Å². The minimum absolute atomic E-state index is 0.200. The van der Waals surface area contributed by atoms with E-state index in [1.165, 1.54) is 0 Å². The largest absolute Gasteiger partial charge is 0.394 e. The quantitative estimate of drug-likeness (QED) is 0.406. The molecule has 1 aliphatic rings. The van der Waals surface area contributed by atoms with Gasteiger partial charge in [-0.1, -0.05) is 0 Å². The molecule has 0 saturated carbocycles. The van der Waals surface area contributed by atoms with Crippen LogP contribution in [0.1, 0.15) is 6.42 Å². The first-order valence-electron chi connectivity index (χ1n) is 2.86. The summed E-state index contributed by atoms with van der Waals surface area (Å²) in [5.74, 6) is 0. The Morgan fingerprint density at radius 1 is 1.44 bits per heavy atom. The number of hydrogen-bond acceptors (Lipinski definition) is 4. The van der Waals surface area contributed by atoms with Crippen LogP contribution in [0.5, 0.6) is 0 Å². The van der Waals surface area contributed by atoms with Gasteiger partial charge in [-0.25, -0.2) is 0 Å². The highest BCUT2D eigenvalue weighted by Crippen LogP contribution is 2.17. The zero-order valence-corrected chi connectivity index (χ0v) is 4.90. The van der Waals surface area contributed by atoms with Crippen molar-refractivity contribution in [3.63, 3.8) is 0 Å². The molecule has 0 aromatic rings. The van der Waals surface area contributed by atoms with Crippen molar-refractivity contribution >= 4 is 0 Å². The van der Waals surface area contributed by atoms with E-state index in [-0.39, 0.29) is 13.0 Å². The van der Waals surface area contributed by atoms with Crippen LogP contribution in [0.15, 0.2) is 0 Å². The van der Waals surface area contributed by atoms with Gasteiger partial charge >= 0.3 is 0 Å². The molecule has 0 aromatic carbocycles. The van der Waals surface area contributed by atoms with Gasteiger partial charge in [0, 0.05) is 6.42 Å². The number of hydrogen-bond donors (Lipinski definition) is 3. The lowest BCUT2D eigenvalue weighted by Gasteiger charge is -2.08. The topological polar surface area (TPSA) is 69.9 Å². The number of aliphatic hydroxyl groups excluding tert-OH is 3. The monoisotopic (exact) mass is 134 g/mol. The molecular formula is C5H10O4. The molecule has 9 heavy (non-hydrogen) atoms. The summed E-state index contributed by atoms with van der Waals surface area (Å²) in [5, 5.41) is 26.1. The molecule has 4 nitrogen and oxygen atoms in total. The van der Waals surface area contributed by atoms with Crippen LogP contribution in [0.2, 0.25) is 0 Å². The molecule has 1 rings (SSSR count). The standard InChI is InChI=1S/C5H10O4/c6-2-4-3(7)1-5(8)9-4/h3-8H,1-2H2/t3?,4-,5+/m0/s1. The van der Waals surface area contributed by atoms with Crippen LogP contribution >= 0.6 is 0 Å². The fourth-order valence-electron chi connectivity index (χ4n) is 0.871. The summed E-state index contributed by atoms with van der Waals surface area (Å²) in [6.07, 6.45) is -2.02. The third-order valence-electron chi connectivity index (χ3n) is 1.38. The van der Waals surface area contributed by atoms with Crippen molar-refractivity contribution < 1.29 is 20.1 Å². The maximum Gasteiger partial charge on any atom is 0.157 e. The van der Waals surface area contributed by atoms with Crippen molar-refractivity contribution in [3.8, 4) is 0 Å². The van der Waals surface area contributed by atoms with Crippen molar-refractivity contribution in [2.45, 2.75) is 24.9 Å². The zero-order valence-electron chi connectivity index (χ0n) is 4.90. The molecule has 0 amide bonds. The maximum atomic E-state index is 8.91. The molecular weight excluding hydrogens is 124 g/mol. The molecule has 3 N–H and O–H groups in total. The lowest BCUT2D eigenvalue weighted by atomic mass is 10.2. The van der Waals surface area contributed by atoms with Gasteiger partial charge in [-0.2, -0.15) is 0 Å². The van der Waals surface area contributed by atoms with E-state index in [1.807, 2.05) is 0 Å². The Hall–Kier alpha value is -0.160. The Morgan fingerprint density at radius 3 is 2.33 bits per heavy atom. The highest BCUT2D eigenvalue weighted by atomic mass is 16.6. The summed E-state index contributed by atoms with van der Waals surface area (Å²) in [6, 6.07) is 0. The van der Waals surface area contributed by atoms with Crippen LogP contribution in [0, 0.1) is 0 Å². The minimum Gasteiger partial charge on any atom is -0.394 e. The van der Waals surface area contributed by atoms with Gasteiger partial charge in [-0.05, 0) is 0 Å². The van der Waals surface area contributed by atoms with Gasteiger partial charge in [0.15, 0.2) is 6.29 Å². The first-order valence-corrected chi connectivity index (χ1v) is 2.86. The van der Waals surface area contributed by atoms with Gasteiger partial charge in [0.2, 0.25) is 0 Å². The Bertz CT molecular complexity index is 95.0. The lowest BCUT2D eigenvalue weighted by Crippen LogP contribution is -2.24. The van der Waals surface area contributed by atoms with Crippen molar-refractivity contribution in [1.29, 1.82) is 0 Å². The number of ether oxygens (including phenoxy) is 1. The Labute approximate surface area is 52.7 Å². The first kappa shape index (κ1) is 6.95. The molecule has 0 spiro atoms. The smallest absolute Gasteiger partial charge is 0.157 e. The molecule has 0 bridgehead atoms. The van der Waals surface area contributed by atoms with Crippen LogP contribution in [0.4, 0.5) is 0 Å². The van der Waals surface area contributed by atoms with Crippen LogP contribution < -0.4 is 0 Å². The Balaban J connectivity index is 2.38. The highest BCUT2D eigenvalue weighted by molar-refractivity contribution is 4.75. The third kappa shape index (κ3) is 1.40. The normalized spacial score (nSPS) is 43.7. The van der Waals surface area contributed by atoms with Crippen molar-refractivity contribution in [2.24, 2.45) is 0 Å². The van der Waals surface area contributed by atoms with Crippen LogP contribution in [-0.2, 0) is 4.74 Å². The predicted octanol–water partition coefficient (Wildman–Crippen LogP) is -1.55. The van der Waals surface area contributed by atoms with Gasteiger partial charge in [0.05, 0.1) is 12.7 Å². The second kappa shape index (κ2) is 2.62. The van der Waals surface area contributed by atoms with Crippen LogP contribution in [0.3, 0.4) is 0 Å². The van der Waals surface area contributed by atoms with Crippen molar-refractivity contribution in [3.05, 3.63) is 0 Å². The number of rotatable bonds is 1. The highest BCUT2D eigenvalue weighted by Gasteiger charge is 2.31. The predicted molar refractivity (Wildman–Crippen MR) is 28.6 cm³/mol. The SMILES string of the molecule is OC[C@@H]1O[C@@H](O)CC1O. The first-order chi connectivity index (χ1) is 4.24.